The molecule has 0 atom stereocenters. The molecule has 0 aromatic carbocycles. The van der Waals surface area contributed by atoms with Crippen molar-refractivity contribution in [2.75, 3.05) is 19.6 Å². The fraction of sp³-hybridized carbons (Fsp3) is 0.636. The van der Waals surface area contributed by atoms with E-state index in [-0.39, 0.29) is 5.41 Å². The summed E-state index contributed by atoms with van der Waals surface area (Å²) in [6.45, 7) is 7.15. The first kappa shape index (κ1) is 13.0. The smallest absolute Gasteiger partial charge is 0.0931 e. The van der Waals surface area contributed by atoms with E-state index < -0.39 is 0 Å². The highest BCUT2D eigenvalue weighted by Gasteiger charge is 2.21. The molecule has 2 nitrogen and oxygen atoms in total. The highest BCUT2D eigenvalue weighted by molar-refractivity contribution is 7.16. The average molecular weight is 247 g/mol. The predicted molar refractivity (Wildman–Crippen MR) is 68.9 cm³/mol. The van der Waals surface area contributed by atoms with Crippen LogP contribution in [0.1, 0.15) is 25.1 Å². The third-order valence-corrected chi connectivity index (χ3v) is 3.96. The van der Waals surface area contributed by atoms with Crippen LogP contribution < -0.4 is 11.1 Å². The van der Waals surface area contributed by atoms with E-state index in [1.54, 1.807) is 11.3 Å². The van der Waals surface area contributed by atoms with E-state index in [0.717, 1.165) is 30.4 Å². The van der Waals surface area contributed by atoms with Gasteiger partial charge < -0.3 is 11.1 Å². The predicted octanol–water partition coefficient (Wildman–Crippen LogP) is 2.62. The van der Waals surface area contributed by atoms with E-state index in [1.807, 2.05) is 6.07 Å². The Morgan fingerprint density at radius 1 is 1.47 bits per heavy atom. The first-order valence-corrected chi connectivity index (χ1v) is 6.42. The minimum Gasteiger partial charge on any atom is -0.330 e. The standard InChI is InChI=1S/C11H19ClN2S/c1-11(2,8-14-7-3-6-13)9-4-5-10(12)15-9/h4-5,14H,3,6-8,13H2,1-2H3. The molecule has 0 unspecified atom stereocenters. The quantitative estimate of drug-likeness (QED) is 0.758. The molecule has 0 aliphatic carbocycles. The van der Waals surface area contributed by atoms with Crippen LogP contribution in [-0.4, -0.2) is 19.6 Å². The minimum atomic E-state index is 0.145. The SMILES string of the molecule is CC(C)(CNCCCN)c1ccc(Cl)s1. The molecule has 0 saturated carbocycles. The summed E-state index contributed by atoms with van der Waals surface area (Å²) in [7, 11) is 0. The molecule has 86 valence electrons. The number of hydrogen-bond acceptors (Lipinski definition) is 3. The van der Waals surface area contributed by atoms with Crippen molar-refractivity contribution < 1.29 is 0 Å². The van der Waals surface area contributed by atoms with Crippen LogP contribution in [0.25, 0.3) is 0 Å². The fourth-order valence-electron chi connectivity index (χ4n) is 1.39. The number of nitrogens with one attached hydrogen (secondary N) is 1. The third-order valence-electron chi connectivity index (χ3n) is 2.36. The van der Waals surface area contributed by atoms with E-state index in [4.69, 9.17) is 17.3 Å². The Kier molecular flexibility index (Phi) is 5.06. The second-order valence-electron chi connectivity index (χ2n) is 4.31. The van der Waals surface area contributed by atoms with Gasteiger partial charge in [-0.15, -0.1) is 11.3 Å². The van der Waals surface area contributed by atoms with Crippen LogP contribution in [0.2, 0.25) is 4.34 Å². The molecule has 15 heavy (non-hydrogen) atoms. The molecule has 1 heterocycles. The largest absolute Gasteiger partial charge is 0.330 e. The number of nitrogens with two attached hydrogens (primary N) is 1. The third kappa shape index (κ3) is 4.11. The highest BCUT2D eigenvalue weighted by Crippen LogP contribution is 2.31. The number of halogens is 1. The maximum Gasteiger partial charge on any atom is 0.0931 e. The number of hydrogen-bond donors (Lipinski definition) is 2. The van der Waals surface area contributed by atoms with Crippen molar-refractivity contribution in [2.45, 2.75) is 25.7 Å². The fourth-order valence-corrected chi connectivity index (χ4v) is 2.54. The molecular formula is C11H19ClN2S. The summed E-state index contributed by atoms with van der Waals surface area (Å²) in [4.78, 5) is 1.33. The van der Waals surface area contributed by atoms with Gasteiger partial charge in [-0.25, -0.2) is 0 Å². The van der Waals surface area contributed by atoms with Crippen LogP contribution in [0, 0.1) is 0 Å². The van der Waals surface area contributed by atoms with Crippen LogP contribution in [0.5, 0.6) is 0 Å². The lowest BCUT2D eigenvalue weighted by Gasteiger charge is -2.23. The molecule has 1 aromatic heterocycles. The van der Waals surface area contributed by atoms with E-state index in [0.29, 0.717) is 0 Å². The van der Waals surface area contributed by atoms with Crippen LogP contribution in [0.15, 0.2) is 12.1 Å². The van der Waals surface area contributed by atoms with E-state index in [1.165, 1.54) is 4.88 Å². The van der Waals surface area contributed by atoms with Gasteiger partial charge >= 0.3 is 0 Å². The first-order valence-electron chi connectivity index (χ1n) is 5.23. The number of thiophene rings is 1. The molecule has 0 saturated heterocycles. The van der Waals surface area contributed by atoms with Crippen molar-refractivity contribution in [2.24, 2.45) is 5.73 Å². The molecule has 1 aromatic rings. The molecule has 3 N–H and O–H groups in total. The molecule has 0 aliphatic heterocycles. The maximum atomic E-state index is 5.93. The van der Waals surface area contributed by atoms with Gasteiger partial charge in [0.25, 0.3) is 0 Å². The van der Waals surface area contributed by atoms with Crippen LogP contribution in [0.3, 0.4) is 0 Å². The molecule has 1 rings (SSSR count). The van der Waals surface area contributed by atoms with Crippen molar-refractivity contribution in [1.82, 2.24) is 5.32 Å². The lowest BCUT2D eigenvalue weighted by atomic mass is 9.91. The Morgan fingerprint density at radius 3 is 2.73 bits per heavy atom. The van der Waals surface area contributed by atoms with E-state index in [2.05, 4.69) is 25.2 Å². The Labute approximate surface area is 101 Å². The van der Waals surface area contributed by atoms with Crippen LogP contribution in [-0.2, 0) is 5.41 Å². The summed E-state index contributed by atoms with van der Waals surface area (Å²) in [5.41, 5.74) is 5.58. The summed E-state index contributed by atoms with van der Waals surface area (Å²) < 4.78 is 0.861. The zero-order chi connectivity index (χ0) is 11.3. The molecular weight excluding hydrogens is 228 g/mol. The van der Waals surface area contributed by atoms with Crippen molar-refractivity contribution >= 4 is 22.9 Å². The zero-order valence-corrected chi connectivity index (χ0v) is 10.9. The summed E-state index contributed by atoms with van der Waals surface area (Å²) in [5, 5.41) is 3.42. The zero-order valence-electron chi connectivity index (χ0n) is 9.35. The van der Waals surface area contributed by atoms with Crippen molar-refractivity contribution in [1.29, 1.82) is 0 Å². The van der Waals surface area contributed by atoms with Gasteiger partial charge in [-0.05, 0) is 31.6 Å². The average Bonchev–Trinajstić information content (AvgIpc) is 2.60. The second-order valence-corrected chi connectivity index (χ2v) is 6.02. The van der Waals surface area contributed by atoms with Gasteiger partial charge in [0.15, 0.2) is 0 Å². The van der Waals surface area contributed by atoms with Crippen molar-refractivity contribution in [3.63, 3.8) is 0 Å². The van der Waals surface area contributed by atoms with Crippen LogP contribution >= 0.6 is 22.9 Å². The summed E-state index contributed by atoms with van der Waals surface area (Å²) in [6.07, 6.45) is 1.03. The summed E-state index contributed by atoms with van der Waals surface area (Å²) in [6, 6.07) is 4.07. The molecule has 4 heteroatoms. The molecule has 0 spiro atoms. The molecule has 0 fully saturated rings. The van der Waals surface area contributed by atoms with Crippen LogP contribution in [0.4, 0.5) is 0 Å². The first-order chi connectivity index (χ1) is 7.06. The Morgan fingerprint density at radius 2 is 2.20 bits per heavy atom. The monoisotopic (exact) mass is 246 g/mol. The second kappa shape index (κ2) is 5.85. The van der Waals surface area contributed by atoms with Gasteiger partial charge in [-0.2, -0.15) is 0 Å². The van der Waals surface area contributed by atoms with Gasteiger partial charge in [-0.1, -0.05) is 25.4 Å². The lowest BCUT2D eigenvalue weighted by molar-refractivity contribution is 0.475. The van der Waals surface area contributed by atoms with Gasteiger partial charge in [-0.3, -0.25) is 0 Å². The topological polar surface area (TPSA) is 38.0 Å². The van der Waals surface area contributed by atoms with Crippen molar-refractivity contribution in [3.8, 4) is 0 Å². The van der Waals surface area contributed by atoms with Gasteiger partial charge in [0, 0.05) is 16.8 Å². The Bertz CT molecular complexity index is 297. The summed E-state index contributed by atoms with van der Waals surface area (Å²) in [5.74, 6) is 0. The minimum absolute atomic E-state index is 0.145. The summed E-state index contributed by atoms with van der Waals surface area (Å²) >= 11 is 7.59. The normalized spacial score (nSPS) is 12.0. The highest BCUT2D eigenvalue weighted by atomic mass is 35.5. The Balaban J connectivity index is 2.44. The molecule has 0 aliphatic rings. The van der Waals surface area contributed by atoms with Gasteiger partial charge in [0.2, 0.25) is 0 Å². The molecule has 0 bridgehead atoms. The van der Waals surface area contributed by atoms with Gasteiger partial charge in [0.05, 0.1) is 4.34 Å². The molecule has 0 amide bonds. The van der Waals surface area contributed by atoms with E-state index >= 15 is 0 Å². The van der Waals surface area contributed by atoms with Crippen molar-refractivity contribution in [3.05, 3.63) is 21.3 Å². The Hall–Kier alpha value is -0.0900. The molecule has 0 radical (unpaired) electrons. The lowest BCUT2D eigenvalue weighted by Crippen LogP contribution is -2.33. The van der Waals surface area contributed by atoms with Gasteiger partial charge in [0.1, 0.15) is 0 Å². The maximum absolute atomic E-state index is 5.93. The number of rotatable bonds is 6. The van der Waals surface area contributed by atoms with E-state index in [9.17, 15) is 0 Å².